The van der Waals surface area contributed by atoms with Crippen LogP contribution in [0.5, 0.6) is 0 Å². The van der Waals surface area contributed by atoms with E-state index < -0.39 is 0 Å². The van der Waals surface area contributed by atoms with Crippen molar-refractivity contribution >= 4 is 10.2 Å². The minimum absolute atomic E-state index is 1.38. The summed E-state index contributed by atoms with van der Waals surface area (Å²) in [6.07, 6.45) is 23.7. The lowest BCUT2D eigenvalue weighted by Gasteiger charge is -2.03. The van der Waals surface area contributed by atoms with Gasteiger partial charge in [-0.05, 0) is 21.1 Å². The SMILES string of the molecule is CCCCCCCCCCCCCCCCCC[SiH3].CN(C)C. The molecular weight excluding hydrogens is 294 g/mol. The van der Waals surface area contributed by atoms with Gasteiger partial charge in [-0.1, -0.05) is 116 Å². The molecule has 0 atom stereocenters. The first kappa shape index (κ1) is 25.4. The van der Waals surface area contributed by atoms with Crippen LogP contribution in [0.3, 0.4) is 0 Å². The van der Waals surface area contributed by atoms with Gasteiger partial charge in [0.15, 0.2) is 0 Å². The topological polar surface area (TPSA) is 3.24 Å². The van der Waals surface area contributed by atoms with Gasteiger partial charge >= 0.3 is 0 Å². The van der Waals surface area contributed by atoms with Crippen molar-refractivity contribution in [2.75, 3.05) is 21.1 Å². The molecule has 0 N–H and O–H groups in total. The molecule has 0 aliphatic heterocycles. The lowest BCUT2D eigenvalue weighted by molar-refractivity contribution is 0.505. The van der Waals surface area contributed by atoms with Crippen LogP contribution < -0.4 is 0 Å². The van der Waals surface area contributed by atoms with Crippen molar-refractivity contribution in [2.45, 2.75) is 116 Å². The molecule has 0 amide bonds. The molecule has 0 fully saturated rings. The Hall–Kier alpha value is 0.177. The lowest BCUT2D eigenvalue weighted by Crippen LogP contribution is -1.99. The Morgan fingerprint density at radius 1 is 0.478 bits per heavy atom. The van der Waals surface area contributed by atoms with E-state index in [1.807, 2.05) is 26.0 Å². The average Bonchev–Trinajstić information content (AvgIpc) is 2.50. The van der Waals surface area contributed by atoms with E-state index in [2.05, 4.69) is 6.92 Å². The Balaban J connectivity index is 0. The van der Waals surface area contributed by atoms with Crippen molar-refractivity contribution in [2.24, 2.45) is 0 Å². The van der Waals surface area contributed by atoms with Crippen molar-refractivity contribution in [3.05, 3.63) is 0 Å². The summed E-state index contributed by atoms with van der Waals surface area (Å²) in [5.74, 6) is 0. The number of hydrogen-bond donors (Lipinski definition) is 0. The van der Waals surface area contributed by atoms with Gasteiger partial charge in [-0.15, -0.1) is 0 Å². The van der Waals surface area contributed by atoms with Crippen LogP contribution in [0.25, 0.3) is 0 Å². The highest BCUT2D eigenvalue weighted by Crippen LogP contribution is 2.13. The van der Waals surface area contributed by atoms with Gasteiger partial charge in [0.2, 0.25) is 0 Å². The smallest absolute Gasteiger partial charge is 0.00279 e. The summed E-state index contributed by atoms with van der Waals surface area (Å²) >= 11 is 0. The van der Waals surface area contributed by atoms with E-state index in [-0.39, 0.29) is 0 Å². The van der Waals surface area contributed by atoms with Gasteiger partial charge in [0.1, 0.15) is 0 Å². The number of nitrogens with zero attached hydrogens (tertiary/aromatic N) is 1. The first-order valence-electron chi connectivity index (χ1n) is 10.8. The largest absolute Gasteiger partial charge is 0.312 e. The summed E-state index contributed by atoms with van der Waals surface area (Å²) < 4.78 is 0. The fraction of sp³-hybridized carbons (Fsp3) is 1.00. The fourth-order valence-corrected chi connectivity index (χ4v) is 3.30. The molecule has 0 heterocycles. The van der Waals surface area contributed by atoms with Gasteiger partial charge in [-0.25, -0.2) is 0 Å². The highest BCUT2D eigenvalue weighted by molar-refractivity contribution is 6.08. The molecule has 0 saturated heterocycles. The second-order valence-corrected chi connectivity index (χ2v) is 8.64. The quantitative estimate of drug-likeness (QED) is 0.238. The summed E-state index contributed by atoms with van der Waals surface area (Å²) in [5.41, 5.74) is 0. The van der Waals surface area contributed by atoms with Gasteiger partial charge in [-0.3, -0.25) is 0 Å². The summed E-state index contributed by atoms with van der Waals surface area (Å²) in [5, 5.41) is 0. The molecule has 0 unspecified atom stereocenters. The zero-order valence-electron chi connectivity index (χ0n) is 17.5. The van der Waals surface area contributed by atoms with E-state index >= 15 is 0 Å². The zero-order chi connectivity index (χ0) is 17.6. The van der Waals surface area contributed by atoms with Gasteiger partial charge in [0.05, 0.1) is 0 Å². The van der Waals surface area contributed by atoms with E-state index in [1.165, 1.54) is 119 Å². The third kappa shape index (κ3) is 34.5. The minimum Gasteiger partial charge on any atom is -0.312 e. The molecule has 0 saturated carbocycles. The molecule has 0 aromatic rings. The van der Waals surface area contributed by atoms with Crippen molar-refractivity contribution in [1.29, 1.82) is 0 Å². The van der Waals surface area contributed by atoms with Gasteiger partial charge in [0, 0.05) is 10.2 Å². The maximum absolute atomic E-state index is 2.30. The van der Waals surface area contributed by atoms with E-state index in [1.54, 1.807) is 0 Å². The summed E-state index contributed by atoms with van der Waals surface area (Å²) in [4.78, 5) is 2.00. The Kier molecular flexibility index (Phi) is 27.0. The molecule has 142 valence electrons. The maximum Gasteiger partial charge on any atom is 0.00279 e. The molecule has 0 radical (unpaired) electrons. The van der Waals surface area contributed by atoms with E-state index in [9.17, 15) is 0 Å². The Morgan fingerprint density at radius 3 is 0.913 bits per heavy atom. The molecule has 0 aromatic heterocycles. The van der Waals surface area contributed by atoms with Crippen LogP contribution in [0, 0.1) is 0 Å². The third-order valence-corrected chi connectivity index (χ3v) is 4.91. The molecule has 0 aliphatic carbocycles. The molecule has 0 aliphatic rings. The molecule has 23 heavy (non-hydrogen) atoms. The Bertz CT molecular complexity index is 164. The van der Waals surface area contributed by atoms with Crippen LogP contribution in [0.2, 0.25) is 6.04 Å². The molecule has 1 nitrogen and oxygen atoms in total. The molecule has 2 heteroatoms. The maximum atomic E-state index is 2.30. The van der Waals surface area contributed by atoms with E-state index in [4.69, 9.17) is 0 Å². The summed E-state index contributed by atoms with van der Waals surface area (Å²) in [7, 11) is 7.41. The highest BCUT2D eigenvalue weighted by Gasteiger charge is 1.94. The standard InChI is InChI=1S/C18H40Si.C3H9N/c1-2-3-4-5-6-7-8-9-10-11-12-13-14-15-16-17-18-19;1-4(2)3/h2-18H2,1,19H3;1-3H3. The van der Waals surface area contributed by atoms with E-state index in [0.29, 0.717) is 0 Å². The Morgan fingerprint density at radius 2 is 0.696 bits per heavy atom. The number of rotatable bonds is 16. The van der Waals surface area contributed by atoms with Gasteiger partial charge in [-0.2, -0.15) is 0 Å². The van der Waals surface area contributed by atoms with Crippen LogP contribution in [-0.4, -0.2) is 36.3 Å². The zero-order valence-corrected chi connectivity index (χ0v) is 19.5. The third-order valence-electron chi connectivity index (χ3n) is 4.21. The minimum atomic E-state index is 1.38. The molecule has 0 bridgehead atoms. The normalized spacial score (nSPS) is 10.8. The lowest BCUT2D eigenvalue weighted by atomic mass is 10.0. The molecule has 0 aromatic carbocycles. The van der Waals surface area contributed by atoms with Gasteiger partial charge in [0.25, 0.3) is 0 Å². The van der Waals surface area contributed by atoms with Crippen molar-refractivity contribution in [1.82, 2.24) is 4.90 Å². The first-order valence-corrected chi connectivity index (χ1v) is 12.2. The predicted octanol–water partition coefficient (Wildman–Crippen LogP) is 6.21. The van der Waals surface area contributed by atoms with E-state index in [0.717, 1.165) is 0 Å². The monoisotopic (exact) mass is 343 g/mol. The number of hydrogen-bond acceptors (Lipinski definition) is 1. The number of unbranched alkanes of at least 4 members (excludes halogenated alkanes) is 15. The molecular formula is C21H49NSi. The summed E-state index contributed by atoms with van der Waals surface area (Å²) in [6, 6.07) is 1.51. The van der Waals surface area contributed by atoms with Crippen molar-refractivity contribution < 1.29 is 0 Å². The highest BCUT2D eigenvalue weighted by atomic mass is 28.1. The first-order chi connectivity index (χ1) is 11.1. The fourth-order valence-electron chi connectivity index (χ4n) is 2.80. The van der Waals surface area contributed by atoms with Crippen LogP contribution in [0.1, 0.15) is 110 Å². The molecule has 0 spiro atoms. The van der Waals surface area contributed by atoms with Crippen LogP contribution in [0.15, 0.2) is 0 Å². The van der Waals surface area contributed by atoms with Crippen molar-refractivity contribution in [3.8, 4) is 0 Å². The molecule has 0 rings (SSSR count). The van der Waals surface area contributed by atoms with Crippen LogP contribution in [0.4, 0.5) is 0 Å². The van der Waals surface area contributed by atoms with Crippen molar-refractivity contribution in [3.63, 3.8) is 0 Å². The predicted molar refractivity (Wildman–Crippen MR) is 114 cm³/mol. The van der Waals surface area contributed by atoms with Gasteiger partial charge < -0.3 is 4.90 Å². The average molecular weight is 344 g/mol. The second-order valence-electron chi connectivity index (χ2n) is 7.64. The van der Waals surface area contributed by atoms with Crippen LogP contribution in [-0.2, 0) is 0 Å². The Labute approximate surface area is 152 Å². The second kappa shape index (κ2) is 24.4. The van der Waals surface area contributed by atoms with Crippen LogP contribution >= 0.6 is 0 Å². The summed E-state index contributed by atoms with van der Waals surface area (Å²) in [6.45, 7) is 2.30.